The number of amides is 2. The molecule has 0 saturated heterocycles. The number of rotatable bonds is 8. The molecule has 5 N–H and O–H groups in total. The highest BCUT2D eigenvalue weighted by molar-refractivity contribution is 5.78. The molecule has 0 aliphatic carbocycles. The maximum atomic E-state index is 11.2. The fourth-order valence-electron chi connectivity index (χ4n) is 1.24. The molecule has 0 fully saturated rings. The fourth-order valence-corrected chi connectivity index (χ4v) is 1.24. The number of hydrazine groups is 1. The van der Waals surface area contributed by atoms with Crippen LogP contribution in [0, 0.1) is 5.92 Å². The van der Waals surface area contributed by atoms with Crippen LogP contribution in [0.5, 0.6) is 0 Å². The number of carboxylic acids is 1. The SMILES string of the molecule is CC(CCCC(=O)NCCC(=O)O)C(=O)NN. The van der Waals surface area contributed by atoms with Gasteiger partial charge in [-0.25, -0.2) is 5.84 Å². The summed E-state index contributed by atoms with van der Waals surface area (Å²) in [5.41, 5.74) is 2.04. The van der Waals surface area contributed by atoms with E-state index in [4.69, 9.17) is 10.9 Å². The minimum Gasteiger partial charge on any atom is -0.481 e. The molecule has 1 atom stereocenters. The molecule has 0 aliphatic heterocycles. The van der Waals surface area contributed by atoms with Gasteiger partial charge in [-0.1, -0.05) is 6.92 Å². The lowest BCUT2D eigenvalue weighted by Crippen LogP contribution is -2.34. The highest BCUT2D eigenvalue weighted by atomic mass is 16.4. The van der Waals surface area contributed by atoms with Gasteiger partial charge in [0, 0.05) is 18.9 Å². The molecular weight excluding hydrogens is 226 g/mol. The summed E-state index contributed by atoms with van der Waals surface area (Å²) in [5, 5.41) is 10.8. The first kappa shape index (κ1) is 15.4. The van der Waals surface area contributed by atoms with Gasteiger partial charge >= 0.3 is 5.97 Å². The van der Waals surface area contributed by atoms with E-state index >= 15 is 0 Å². The lowest BCUT2D eigenvalue weighted by Gasteiger charge is -2.09. The Labute approximate surface area is 99.7 Å². The molecule has 0 aliphatic rings. The van der Waals surface area contributed by atoms with Crippen LogP contribution in [-0.4, -0.2) is 29.4 Å². The second-order valence-electron chi connectivity index (χ2n) is 3.80. The van der Waals surface area contributed by atoms with Crippen molar-refractivity contribution in [2.24, 2.45) is 11.8 Å². The minimum atomic E-state index is -0.946. The smallest absolute Gasteiger partial charge is 0.305 e. The highest BCUT2D eigenvalue weighted by Gasteiger charge is 2.11. The van der Waals surface area contributed by atoms with Crippen LogP contribution in [0.4, 0.5) is 0 Å². The van der Waals surface area contributed by atoms with E-state index in [2.05, 4.69) is 5.32 Å². The van der Waals surface area contributed by atoms with Crippen molar-refractivity contribution in [3.63, 3.8) is 0 Å². The van der Waals surface area contributed by atoms with Gasteiger partial charge in [0.15, 0.2) is 0 Å². The molecule has 1 unspecified atom stereocenters. The molecule has 0 spiro atoms. The first-order valence-electron chi connectivity index (χ1n) is 5.46. The highest BCUT2D eigenvalue weighted by Crippen LogP contribution is 2.07. The van der Waals surface area contributed by atoms with Gasteiger partial charge in [0.05, 0.1) is 6.42 Å². The van der Waals surface area contributed by atoms with E-state index in [9.17, 15) is 14.4 Å². The van der Waals surface area contributed by atoms with Crippen LogP contribution in [0.15, 0.2) is 0 Å². The molecule has 0 rings (SSSR count). The Bertz CT molecular complexity index is 281. The molecular formula is C10H19N3O4. The summed E-state index contributed by atoms with van der Waals surface area (Å²) >= 11 is 0. The standard InChI is InChI=1S/C10H19N3O4/c1-7(10(17)13-11)3-2-4-8(14)12-6-5-9(15)16/h7H,2-6,11H2,1H3,(H,12,14)(H,13,17)(H,15,16). The van der Waals surface area contributed by atoms with Gasteiger partial charge in [0.25, 0.3) is 0 Å². The maximum absolute atomic E-state index is 11.2. The van der Waals surface area contributed by atoms with Crippen LogP contribution in [-0.2, 0) is 14.4 Å². The molecule has 0 heterocycles. The van der Waals surface area contributed by atoms with E-state index in [0.717, 1.165) is 0 Å². The van der Waals surface area contributed by atoms with Gasteiger partial charge in [-0.3, -0.25) is 19.8 Å². The van der Waals surface area contributed by atoms with E-state index < -0.39 is 5.97 Å². The average Bonchev–Trinajstić information content (AvgIpc) is 2.27. The van der Waals surface area contributed by atoms with Gasteiger partial charge in [-0.2, -0.15) is 0 Å². The first-order chi connectivity index (χ1) is 7.97. The van der Waals surface area contributed by atoms with E-state index in [1.165, 1.54) is 0 Å². The van der Waals surface area contributed by atoms with Crippen molar-refractivity contribution >= 4 is 17.8 Å². The average molecular weight is 245 g/mol. The molecule has 0 aromatic heterocycles. The third-order valence-corrected chi connectivity index (χ3v) is 2.29. The zero-order valence-corrected chi connectivity index (χ0v) is 9.86. The van der Waals surface area contributed by atoms with Crippen molar-refractivity contribution in [2.75, 3.05) is 6.54 Å². The van der Waals surface area contributed by atoms with Crippen LogP contribution in [0.25, 0.3) is 0 Å². The summed E-state index contributed by atoms with van der Waals surface area (Å²) < 4.78 is 0. The Morgan fingerprint density at radius 2 is 1.94 bits per heavy atom. The third kappa shape index (κ3) is 8.21. The third-order valence-electron chi connectivity index (χ3n) is 2.29. The second kappa shape index (κ2) is 8.51. The van der Waals surface area contributed by atoms with Crippen molar-refractivity contribution in [1.29, 1.82) is 0 Å². The Hall–Kier alpha value is -1.63. The quantitative estimate of drug-likeness (QED) is 0.258. The number of carboxylic acid groups (broad SMARTS) is 1. The van der Waals surface area contributed by atoms with Gasteiger partial charge in [-0.05, 0) is 12.8 Å². The van der Waals surface area contributed by atoms with Crippen LogP contribution in [0.3, 0.4) is 0 Å². The molecule has 0 bridgehead atoms. The monoisotopic (exact) mass is 245 g/mol. The van der Waals surface area contributed by atoms with Crippen LogP contribution in [0.2, 0.25) is 0 Å². The zero-order valence-electron chi connectivity index (χ0n) is 9.86. The van der Waals surface area contributed by atoms with Crippen molar-refractivity contribution in [1.82, 2.24) is 10.7 Å². The maximum Gasteiger partial charge on any atom is 0.305 e. The normalized spacial score (nSPS) is 11.6. The van der Waals surface area contributed by atoms with Crippen molar-refractivity contribution in [3.8, 4) is 0 Å². The predicted octanol–water partition coefficient (Wildman–Crippen LogP) is -0.626. The summed E-state index contributed by atoms with van der Waals surface area (Å²) in [4.78, 5) is 32.4. The number of hydrogen-bond acceptors (Lipinski definition) is 4. The lowest BCUT2D eigenvalue weighted by molar-refractivity contribution is -0.137. The van der Waals surface area contributed by atoms with Crippen LogP contribution in [0.1, 0.15) is 32.6 Å². The summed E-state index contributed by atoms with van der Waals surface area (Å²) in [7, 11) is 0. The Balaban J connectivity index is 3.57. The van der Waals surface area contributed by atoms with E-state index in [0.29, 0.717) is 12.8 Å². The van der Waals surface area contributed by atoms with Crippen LogP contribution >= 0.6 is 0 Å². The fraction of sp³-hybridized carbons (Fsp3) is 0.700. The van der Waals surface area contributed by atoms with E-state index in [1.807, 2.05) is 5.43 Å². The van der Waals surface area contributed by atoms with Gasteiger partial charge in [0.2, 0.25) is 11.8 Å². The summed E-state index contributed by atoms with van der Waals surface area (Å²) in [6.45, 7) is 1.86. The molecule has 7 nitrogen and oxygen atoms in total. The first-order valence-corrected chi connectivity index (χ1v) is 5.46. The molecule has 2 amide bonds. The predicted molar refractivity (Wildman–Crippen MR) is 60.6 cm³/mol. The number of aliphatic carboxylic acids is 1. The number of hydrogen-bond donors (Lipinski definition) is 4. The zero-order chi connectivity index (χ0) is 13.3. The molecule has 7 heteroatoms. The van der Waals surface area contributed by atoms with Gasteiger partial charge in [-0.15, -0.1) is 0 Å². The minimum absolute atomic E-state index is 0.0856. The van der Waals surface area contributed by atoms with Crippen molar-refractivity contribution < 1.29 is 19.5 Å². The Morgan fingerprint density at radius 3 is 2.47 bits per heavy atom. The molecule has 0 aromatic carbocycles. The number of carbonyl (C=O) groups is 3. The molecule has 0 radical (unpaired) electrons. The second-order valence-corrected chi connectivity index (χ2v) is 3.80. The van der Waals surface area contributed by atoms with Gasteiger partial charge in [0.1, 0.15) is 0 Å². The molecule has 0 aromatic rings. The number of nitrogens with two attached hydrogens (primary N) is 1. The topological polar surface area (TPSA) is 122 Å². The van der Waals surface area contributed by atoms with Crippen molar-refractivity contribution in [2.45, 2.75) is 32.6 Å². The number of carbonyl (C=O) groups excluding carboxylic acids is 2. The molecule has 98 valence electrons. The van der Waals surface area contributed by atoms with E-state index in [-0.39, 0.29) is 37.1 Å². The van der Waals surface area contributed by atoms with E-state index in [1.54, 1.807) is 6.92 Å². The molecule has 0 saturated carbocycles. The van der Waals surface area contributed by atoms with Crippen LogP contribution < -0.4 is 16.6 Å². The van der Waals surface area contributed by atoms with Crippen molar-refractivity contribution in [3.05, 3.63) is 0 Å². The Morgan fingerprint density at radius 1 is 1.29 bits per heavy atom. The Kier molecular flexibility index (Phi) is 7.70. The largest absolute Gasteiger partial charge is 0.481 e. The summed E-state index contributed by atoms with van der Waals surface area (Å²) in [6, 6.07) is 0. The summed E-state index contributed by atoms with van der Waals surface area (Å²) in [6.07, 6.45) is 1.32. The summed E-state index contributed by atoms with van der Waals surface area (Å²) in [5.74, 6) is 3.33. The lowest BCUT2D eigenvalue weighted by atomic mass is 10.0. The molecule has 17 heavy (non-hydrogen) atoms. The number of nitrogens with one attached hydrogen (secondary N) is 2. The van der Waals surface area contributed by atoms with Gasteiger partial charge < -0.3 is 10.4 Å².